The highest BCUT2D eigenvalue weighted by Crippen LogP contribution is 2.35. The van der Waals surface area contributed by atoms with Gasteiger partial charge in [-0.2, -0.15) is 0 Å². The average molecular weight is 615 g/mol. The van der Waals surface area contributed by atoms with Crippen LogP contribution in [-0.4, -0.2) is 32.6 Å². The van der Waals surface area contributed by atoms with Gasteiger partial charge >= 0.3 is 6.09 Å². The maximum Gasteiger partial charge on any atom is 0.412 e. The molecule has 2 aromatic heterocycles. The number of rotatable bonds is 7. The first-order valence-electron chi connectivity index (χ1n) is 15.6. The Morgan fingerprint density at radius 1 is 0.935 bits per heavy atom. The van der Waals surface area contributed by atoms with Crippen LogP contribution in [0.3, 0.4) is 0 Å². The average Bonchev–Trinajstić information content (AvgIpc) is 3.43. The second-order valence-electron chi connectivity index (χ2n) is 12.8. The quantitative estimate of drug-likeness (QED) is 0.169. The number of hydrogen-bond acceptors (Lipinski definition) is 7. The van der Waals surface area contributed by atoms with Gasteiger partial charge in [-0.1, -0.05) is 56.3 Å². The first kappa shape index (κ1) is 30.7. The van der Waals surface area contributed by atoms with Crippen molar-refractivity contribution in [3.63, 3.8) is 0 Å². The molecule has 0 fully saturated rings. The van der Waals surface area contributed by atoms with Crippen molar-refractivity contribution in [2.75, 3.05) is 10.6 Å². The van der Waals surface area contributed by atoms with E-state index >= 15 is 0 Å². The van der Waals surface area contributed by atoms with Crippen LogP contribution < -0.4 is 16.0 Å². The lowest BCUT2D eigenvalue weighted by Crippen LogP contribution is -2.27. The molecule has 2 heterocycles. The number of pyridine rings is 1. The van der Waals surface area contributed by atoms with Crippen molar-refractivity contribution >= 4 is 40.2 Å². The van der Waals surface area contributed by atoms with E-state index in [0.29, 0.717) is 28.4 Å². The highest BCUT2D eigenvalue weighted by molar-refractivity contribution is 5.99. The molecule has 9 heteroatoms. The van der Waals surface area contributed by atoms with Crippen LogP contribution >= 0.6 is 0 Å². The molecule has 5 aromatic rings. The summed E-state index contributed by atoms with van der Waals surface area (Å²) in [6.45, 7) is 9.65. The summed E-state index contributed by atoms with van der Waals surface area (Å²) >= 11 is 0. The summed E-state index contributed by atoms with van der Waals surface area (Å²) in [7, 11) is 0. The minimum atomic E-state index is -0.600. The number of hydrogen-bond donors (Lipinski definition) is 3. The number of amides is 2. The van der Waals surface area contributed by atoms with Gasteiger partial charge in [-0.25, -0.2) is 19.7 Å². The number of carbonyl (C=O) groups excluding carboxylic acids is 2. The fourth-order valence-corrected chi connectivity index (χ4v) is 5.65. The summed E-state index contributed by atoms with van der Waals surface area (Å²) in [6.07, 6.45) is 2.79. The van der Waals surface area contributed by atoms with E-state index in [-0.39, 0.29) is 17.9 Å². The standard InChI is InChI=1S/C37H38N6O3/c1-22(2)30-19-17-29-33(41-30)38-21-39-34(29)42-32-20-25(35(44)43-31-18-13-23-8-6-7-9-27(23)31)12-16-28(32)24-10-14-26(15-11-24)40-36(45)46-37(3,4)5/h6-12,14-17,19-22,31H,13,18H2,1-5H3,(H,40,45)(H,43,44)(H,38,39,41,42)/t31-/m0/s1. The molecule has 1 aliphatic carbocycles. The van der Waals surface area contributed by atoms with Gasteiger partial charge in [0.05, 0.1) is 11.4 Å². The maximum absolute atomic E-state index is 13.6. The van der Waals surface area contributed by atoms with Crippen molar-refractivity contribution in [1.82, 2.24) is 20.3 Å². The third-order valence-corrected chi connectivity index (χ3v) is 7.92. The van der Waals surface area contributed by atoms with Crippen LogP contribution in [0.15, 0.2) is 85.2 Å². The molecule has 1 aliphatic rings. The fourth-order valence-electron chi connectivity index (χ4n) is 5.65. The van der Waals surface area contributed by atoms with Gasteiger partial charge < -0.3 is 15.4 Å². The predicted octanol–water partition coefficient (Wildman–Crippen LogP) is 8.32. The zero-order valence-corrected chi connectivity index (χ0v) is 26.7. The molecule has 0 spiro atoms. The number of aryl methyl sites for hydroxylation is 1. The number of aromatic nitrogens is 3. The molecular formula is C37H38N6O3. The Morgan fingerprint density at radius 3 is 2.48 bits per heavy atom. The van der Waals surface area contributed by atoms with Gasteiger partial charge in [0.1, 0.15) is 17.7 Å². The van der Waals surface area contributed by atoms with Crippen LogP contribution in [0.2, 0.25) is 0 Å². The van der Waals surface area contributed by atoms with Gasteiger partial charge in [0.25, 0.3) is 5.91 Å². The SMILES string of the molecule is CC(C)c1ccc2c(Nc3cc(C(=O)N[C@H]4CCc5ccccc54)ccc3-c3ccc(NC(=O)OC(C)(C)C)cc3)ncnc2n1. The number of carbonyl (C=O) groups is 2. The van der Waals surface area contributed by atoms with Gasteiger partial charge in [-0.3, -0.25) is 10.1 Å². The maximum atomic E-state index is 13.6. The topological polar surface area (TPSA) is 118 Å². The van der Waals surface area contributed by atoms with E-state index in [1.165, 1.54) is 17.5 Å². The highest BCUT2D eigenvalue weighted by atomic mass is 16.6. The largest absolute Gasteiger partial charge is 0.444 e. The monoisotopic (exact) mass is 614 g/mol. The number of ether oxygens (including phenoxy) is 1. The number of nitrogens with zero attached hydrogens (tertiary/aromatic N) is 3. The molecule has 0 saturated carbocycles. The molecule has 6 rings (SSSR count). The third-order valence-electron chi connectivity index (χ3n) is 7.92. The molecule has 3 aromatic carbocycles. The number of nitrogens with one attached hydrogen (secondary N) is 3. The van der Waals surface area contributed by atoms with Gasteiger partial charge in [-0.05, 0) is 92.6 Å². The van der Waals surface area contributed by atoms with Crippen LogP contribution in [-0.2, 0) is 11.2 Å². The van der Waals surface area contributed by atoms with E-state index in [2.05, 4.69) is 51.9 Å². The van der Waals surface area contributed by atoms with Crippen LogP contribution in [0.25, 0.3) is 22.2 Å². The molecule has 3 N–H and O–H groups in total. The van der Waals surface area contributed by atoms with Gasteiger partial charge in [0.15, 0.2) is 5.65 Å². The lowest BCUT2D eigenvalue weighted by molar-refractivity contribution is 0.0635. The van der Waals surface area contributed by atoms with Crippen molar-refractivity contribution in [2.24, 2.45) is 0 Å². The molecule has 234 valence electrons. The summed E-state index contributed by atoms with van der Waals surface area (Å²) < 4.78 is 5.38. The van der Waals surface area contributed by atoms with E-state index in [1.807, 2.05) is 87.5 Å². The van der Waals surface area contributed by atoms with Crippen molar-refractivity contribution in [1.29, 1.82) is 0 Å². The smallest absolute Gasteiger partial charge is 0.412 e. The van der Waals surface area contributed by atoms with E-state index in [1.54, 1.807) is 0 Å². The predicted molar refractivity (Wildman–Crippen MR) is 181 cm³/mol. The van der Waals surface area contributed by atoms with Crippen LogP contribution in [0.4, 0.5) is 22.0 Å². The van der Waals surface area contributed by atoms with Crippen LogP contribution in [0, 0.1) is 0 Å². The fraction of sp³-hybridized carbons (Fsp3) is 0.270. The van der Waals surface area contributed by atoms with Gasteiger partial charge in [0.2, 0.25) is 0 Å². The molecule has 0 bridgehead atoms. The van der Waals surface area contributed by atoms with E-state index in [0.717, 1.165) is 35.0 Å². The summed E-state index contributed by atoms with van der Waals surface area (Å²) in [6, 6.07) is 25.3. The number of fused-ring (bicyclic) bond motifs is 2. The van der Waals surface area contributed by atoms with Crippen molar-refractivity contribution in [3.8, 4) is 11.1 Å². The van der Waals surface area contributed by atoms with Crippen LogP contribution in [0.5, 0.6) is 0 Å². The first-order chi connectivity index (χ1) is 22.0. The van der Waals surface area contributed by atoms with Crippen molar-refractivity contribution in [2.45, 2.75) is 65.0 Å². The second-order valence-corrected chi connectivity index (χ2v) is 12.8. The number of anilines is 3. The highest BCUT2D eigenvalue weighted by Gasteiger charge is 2.24. The molecule has 0 aliphatic heterocycles. The van der Waals surface area contributed by atoms with Crippen molar-refractivity contribution < 1.29 is 14.3 Å². The Morgan fingerprint density at radius 2 is 1.72 bits per heavy atom. The molecular weight excluding hydrogens is 576 g/mol. The summed E-state index contributed by atoms with van der Waals surface area (Å²) in [5.74, 6) is 0.695. The summed E-state index contributed by atoms with van der Waals surface area (Å²) in [5.41, 5.74) is 6.95. The Balaban J connectivity index is 1.33. The summed E-state index contributed by atoms with van der Waals surface area (Å²) in [4.78, 5) is 39.6. The lowest BCUT2D eigenvalue weighted by Gasteiger charge is -2.20. The van der Waals surface area contributed by atoms with Gasteiger partial charge in [-0.15, -0.1) is 0 Å². The molecule has 46 heavy (non-hydrogen) atoms. The molecule has 0 unspecified atom stereocenters. The Labute approximate surface area is 268 Å². The zero-order chi connectivity index (χ0) is 32.4. The lowest BCUT2D eigenvalue weighted by atomic mass is 10.00. The minimum Gasteiger partial charge on any atom is -0.444 e. The number of benzene rings is 3. The van der Waals surface area contributed by atoms with Gasteiger partial charge in [0, 0.05) is 28.2 Å². The van der Waals surface area contributed by atoms with E-state index in [9.17, 15) is 9.59 Å². The normalized spacial score (nSPS) is 14.2. The molecule has 9 nitrogen and oxygen atoms in total. The van der Waals surface area contributed by atoms with E-state index < -0.39 is 11.7 Å². The Bertz CT molecular complexity index is 1910. The first-order valence-corrected chi connectivity index (χ1v) is 15.6. The molecule has 0 radical (unpaired) electrons. The zero-order valence-electron chi connectivity index (χ0n) is 26.7. The Kier molecular flexibility index (Phi) is 8.41. The molecule has 2 amide bonds. The van der Waals surface area contributed by atoms with Crippen molar-refractivity contribution in [3.05, 3.63) is 108 Å². The van der Waals surface area contributed by atoms with Crippen LogP contribution in [0.1, 0.15) is 80.2 Å². The summed E-state index contributed by atoms with van der Waals surface area (Å²) in [5, 5.41) is 10.3. The molecule has 1 atom stereocenters. The second kappa shape index (κ2) is 12.6. The third kappa shape index (κ3) is 6.83. The minimum absolute atomic E-state index is 0.0307. The molecule has 0 saturated heterocycles. The van der Waals surface area contributed by atoms with E-state index in [4.69, 9.17) is 9.72 Å². The Hall–Kier alpha value is -5.31.